The molecule has 1 N–H and O–H groups in total. The lowest BCUT2D eigenvalue weighted by molar-refractivity contribution is 0.622. The number of nitrogens with one attached hydrogen (secondary N) is 1. The van der Waals surface area contributed by atoms with Crippen molar-refractivity contribution in [3.05, 3.63) is 28.1 Å². The molecule has 2 aromatic heterocycles. The van der Waals surface area contributed by atoms with E-state index >= 15 is 0 Å². The van der Waals surface area contributed by atoms with Crippen molar-refractivity contribution in [3.8, 4) is 0 Å². The van der Waals surface area contributed by atoms with Crippen LogP contribution in [0.15, 0.2) is 22.6 Å². The quantitative estimate of drug-likeness (QED) is 0.808. The second-order valence-electron chi connectivity index (χ2n) is 2.98. The largest absolute Gasteiger partial charge is 0.318 e. The maximum absolute atomic E-state index is 11.8. The molecule has 0 saturated heterocycles. The van der Waals surface area contributed by atoms with Gasteiger partial charge in [-0.1, -0.05) is 0 Å². The lowest BCUT2D eigenvalue weighted by atomic mass is 10.4. The summed E-state index contributed by atoms with van der Waals surface area (Å²) in [6, 6.07) is 1.86. The maximum Gasteiger partial charge on any atom is 0.271 e. The van der Waals surface area contributed by atoms with Crippen LogP contribution in [-0.2, 0) is 6.54 Å². The molecule has 2 rings (SSSR count). The first-order valence-corrected chi connectivity index (χ1v) is 5.28. The normalized spacial score (nSPS) is 10.9. The molecule has 0 aliphatic rings. The third kappa shape index (κ3) is 1.56. The average molecular weight is 209 g/mol. The highest BCUT2D eigenvalue weighted by atomic mass is 32.1. The average Bonchev–Trinajstić information content (AvgIpc) is 2.66. The minimum absolute atomic E-state index is 0.0558. The van der Waals surface area contributed by atoms with E-state index in [2.05, 4.69) is 10.3 Å². The van der Waals surface area contributed by atoms with E-state index in [1.54, 1.807) is 10.9 Å². The summed E-state index contributed by atoms with van der Waals surface area (Å²) in [5.41, 5.74) is 0.848. The number of nitrogens with zero attached hydrogens (tertiary/aromatic N) is 2. The summed E-state index contributed by atoms with van der Waals surface area (Å²) < 4.78 is 2.37. The molecule has 4 nitrogen and oxygen atoms in total. The second-order valence-corrected chi connectivity index (χ2v) is 3.90. The van der Waals surface area contributed by atoms with E-state index < -0.39 is 0 Å². The molecule has 0 aliphatic carbocycles. The summed E-state index contributed by atoms with van der Waals surface area (Å²) in [5, 5.41) is 4.89. The van der Waals surface area contributed by atoms with E-state index in [4.69, 9.17) is 0 Å². The third-order valence-electron chi connectivity index (χ3n) is 2.04. The fourth-order valence-electron chi connectivity index (χ4n) is 1.27. The van der Waals surface area contributed by atoms with E-state index in [0.717, 1.165) is 16.8 Å². The topological polar surface area (TPSA) is 46.9 Å². The van der Waals surface area contributed by atoms with Gasteiger partial charge in [-0.2, -0.15) is 0 Å². The molecule has 0 aromatic carbocycles. The smallest absolute Gasteiger partial charge is 0.271 e. The highest BCUT2D eigenvalue weighted by Gasteiger charge is 2.03. The van der Waals surface area contributed by atoms with Gasteiger partial charge in [-0.15, -0.1) is 11.3 Å². The standard InChI is InChI=1S/C9H11N3OS/c1-10-3-4-12-6-11-7-2-5-14-8(7)9(12)13/h2,5-6,10H,3-4H2,1H3. The fourth-order valence-corrected chi connectivity index (χ4v) is 2.06. The summed E-state index contributed by atoms with van der Waals surface area (Å²) in [7, 11) is 1.86. The molecule has 0 atom stereocenters. The number of rotatable bonds is 3. The molecule has 0 saturated carbocycles. The predicted octanol–water partition coefficient (Wildman–Crippen LogP) is 0.677. The van der Waals surface area contributed by atoms with Crippen LogP contribution in [0.1, 0.15) is 0 Å². The summed E-state index contributed by atoms with van der Waals surface area (Å²) in [6.45, 7) is 1.44. The van der Waals surface area contributed by atoms with Crippen molar-refractivity contribution < 1.29 is 0 Å². The van der Waals surface area contributed by atoms with Gasteiger partial charge in [0.15, 0.2) is 0 Å². The Morgan fingerprint density at radius 2 is 2.50 bits per heavy atom. The van der Waals surface area contributed by atoms with Gasteiger partial charge < -0.3 is 5.32 Å². The van der Waals surface area contributed by atoms with Crippen molar-refractivity contribution in [2.24, 2.45) is 0 Å². The molecule has 14 heavy (non-hydrogen) atoms. The minimum Gasteiger partial charge on any atom is -0.318 e. The Bertz CT molecular complexity index is 488. The van der Waals surface area contributed by atoms with Crippen molar-refractivity contribution in [1.82, 2.24) is 14.9 Å². The Balaban J connectivity index is 2.46. The summed E-state index contributed by atoms with van der Waals surface area (Å²) in [4.78, 5) is 16.0. The zero-order chi connectivity index (χ0) is 9.97. The van der Waals surface area contributed by atoms with Gasteiger partial charge in [0.05, 0.1) is 11.8 Å². The SMILES string of the molecule is CNCCn1cnc2ccsc2c1=O. The second kappa shape index (κ2) is 3.89. The first-order chi connectivity index (χ1) is 6.83. The molecule has 74 valence electrons. The number of aromatic nitrogens is 2. The molecule has 2 aromatic rings. The van der Waals surface area contributed by atoms with Crippen molar-refractivity contribution >= 4 is 21.6 Å². The minimum atomic E-state index is 0.0558. The van der Waals surface area contributed by atoms with E-state index in [1.165, 1.54) is 11.3 Å². The van der Waals surface area contributed by atoms with Crippen LogP contribution in [0.4, 0.5) is 0 Å². The van der Waals surface area contributed by atoms with Crippen molar-refractivity contribution in [1.29, 1.82) is 0 Å². The Morgan fingerprint density at radius 1 is 1.64 bits per heavy atom. The van der Waals surface area contributed by atoms with Gasteiger partial charge in [-0.05, 0) is 18.5 Å². The van der Waals surface area contributed by atoms with Crippen molar-refractivity contribution in [2.45, 2.75) is 6.54 Å². The summed E-state index contributed by atoms with van der Waals surface area (Å²) in [6.07, 6.45) is 1.61. The molecule has 0 fully saturated rings. The molecule has 0 bridgehead atoms. The zero-order valence-corrected chi connectivity index (χ0v) is 8.67. The molecular formula is C9H11N3OS. The first kappa shape index (κ1) is 9.36. The number of fused-ring (bicyclic) bond motifs is 1. The van der Waals surface area contributed by atoms with E-state index in [0.29, 0.717) is 6.54 Å². The lowest BCUT2D eigenvalue weighted by Crippen LogP contribution is -2.25. The highest BCUT2D eigenvalue weighted by molar-refractivity contribution is 7.17. The molecule has 5 heteroatoms. The molecule has 2 heterocycles. The Kier molecular flexibility index (Phi) is 2.60. The van der Waals surface area contributed by atoms with Crippen LogP contribution in [0.3, 0.4) is 0 Å². The molecule has 0 aliphatic heterocycles. The Hall–Kier alpha value is -1.20. The van der Waals surface area contributed by atoms with Crippen LogP contribution in [0.5, 0.6) is 0 Å². The maximum atomic E-state index is 11.8. The number of hydrogen-bond acceptors (Lipinski definition) is 4. The van der Waals surface area contributed by atoms with E-state index in [-0.39, 0.29) is 5.56 Å². The molecule has 0 spiro atoms. The van der Waals surface area contributed by atoms with Gasteiger partial charge in [0.1, 0.15) is 4.70 Å². The third-order valence-corrected chi connectivity index (χ3v) is 2.93. The van der Waals surface area contributed by atoms with Crippen LogP contribution < -0.4 is 10.9 Å². The number of hydrogen-bond donors (Lipinski definition) is 1. The van der Waals surface area contributed by atoms with E-state index in [1.807, 2.05) is 18.5 Å². The zero-order valence-electron chi connectivity index (χ0n) is 7.86. The van der Waals surface area contributed by atoms with Crippen molar-refractivity contribution in [2.75, 3.05) is 13.6 Å². The van der Waals surface area contributed by atoms with Crippen LogP contribution in [0.2, 0.25) is 0 Å². The van der Waals surface area contributed by atoms with Gasteiger partial charge >= 0.3 is 0 Å². The Labute approximate surface area is 85.2 Å². The molecular weight excluding hydrogens is 198 g/mol. The van der Waals surface area contributed by atoms with Gasteiger partial charge in [-0.3, -0.25) is 9.36 Å². The number of thiophene rings is 1. The summed E-state index contributed by atoms with van der Waals surface area (Å²) >= 11 is 1.45. The molecule has 0 amide bonds. The van der Waals surface area contributed by atoms with Crippen LogP contribution in [0.25, 0.3) is 10.2 Å². The fraction of sp³-hybridized carbons (Fsp3) is 0.333. The van der Waals surface area contributed by atoms with Crippen LogP contribution >= 0.6 is 11.3 Å². The van der Waals surface area contributed by atoms with E-state index in [9.17, 15) is 4.79 Å². The highest BCUT2D eigenvalue weighted by Crippen LogP contribution is 2.12. The lowest BCUT2D eigenvalue weighted by Gasteiger charge is -2.03. The van der Waals surface area contributed by atoms with Gasteiger partial charge in [-0.25, -0.2) is 4.98 Å². The first-order valence-electron chi connectivity index (χ1n) is 4.40. The molecule has 0 unspecified atom stereocenters. The van der Waals surface area contributed by atoms with Gasteiger partial charge in [0.25, 0.3) is 5.56 Å². The van der Waals surface area contributed by atoms with Gasteiger partial charge in [0.2, 0.25) is 0 Å². The van der Waals surface area contributed by atoms with Crippen LogP contribution in [0, 0.1) is 0 Å². The van der Waals surface area contributed by atoms with Crippen molar-refractivity contribution in [3.63, 3.8) is 0 Å². The molecule has 0 radical (unpaired) electrons. The Morgan fingerprint density at radius 3 is 3.29 bits per heavy atom. The van der Waals surface area contributed by atoms with Gasteiger partial charge in [0, 0.05) is 13.1 Å². The monoisotopic (exact) mass is 209 g/mol. The predicted molar refractivity (Wildman–Crippen MR) is 57.8 cm³/mol. The van der Waals surface area contributed by atoms with Crippen LogP contribution in [-0.4, -0.2) is 23.1 Å². The number of likely N-dealkylation sites (N-methyl/N-ethyl adjacent to an activating group) is 1. The summed E-state index contributed by atoms with van der Waals surface area (Å²) in [5.74, 6) is 0.